The van der Waals surface area contributed by atoms with Crippen molar-refractivity contribution < 1.29 is 14.4 Å². The maximum absolute atomic E-state index is 13.2. The molecule has 0 radical (unpaired) electrons. The Morgan fingerprint density at radius 3 is 2.48 bits per heavy atom. The zero-order valence-corrected chi connectivity index (χ0v) is 25.1. The van der Waals surface area contributed by atoms with Gasteiger partial charge >= 0.3 is 0 Å². The SMILES string of the molecule is O=C(CSc1cccc(NC(=O)/C(=C/c2ccsc2)NC(=O)c2ccccc2)c1)Nc1nc(-c2ccc(Cl)cc2)cs1. The summed E-state index contributed by atoms with van der Waals surface area (Å²) >= 11 is 10.1. The van der Waals surface area contributed by atoms with Crippen LogP contribution in [-0.2, 0) is 9.59 Å². The molecule has 0 saturated carbocycles. The molecule has 210 valence electrons. The third kappa shape index (κ3) is 8.17. The molecule has 0 aliphatic heterocycles. The maximum atomic E-state index is 13.2. The summed E-state index contributed by atoms with van der Waals surface area (Å²) in [4.78, 5) is 43.9. The van der Waals surface area contributed by atoms with Crippen LogP contribution in [0, 0.1) is 0 Å². The standard InChI is InChI=1S/C31H23ClN4O3S3/c32-23-11-9-21(10-12-23)27-18-42-31(35-27)36-28(37)19-41-25-8-4-7-24(16-25)33-30(39)26(15-20-13-14-40-17-20)34-29(38)22-5-2-1-3-6-22/h1-18H,19H2,(H,33,39)(H,34,38)(H,35,36,37)/b26-15-. The largest absolute Gasteiger partial charge is 0.321 e. The Kier molecular flexibility index (Phi) is 9.83. The molecule has 42 heavy (non-hydrogen) atoms. The highest BCUT2D eigenvalue weighted by Crippen LogP contribution is 2.27. The number of amides is 3. The highest BCUT2D eigenvalue weighted by molar-refractivity contribution is 8.00. The topological polar surface area (TPSA) is 100 Å². The number of carbonyl (C=O) groups excluding carboxylic acids is 3. The molecule has 0 aliphatic rings. The van der Waals surface area contributed by atoms with Gasteiger partial charge in [-0.2, -0.15) is 11.3 Å². The number of nitrogens with one attached hydrogen (secondary N) is 3. The summed E-state index contributed by atoms with van der Waals surface area (Å²) in [6.07, 6.45) is 1.63. The number of carbonyl (C=O) groups is 3. The number of aromatic nitrogens is 1. The van der Waals surface area contributed by atoms with Crippen LogP contribution in [0.5, 0.6) is 0 Å². The first kappa shape index (κ1) is 29.3. The van der Waals surface area contributed by atoms with E-state index in [0.29, 0.717) is 21.4 Å². The number of thioether (sulfide) groups is 1. The molecule has 2 heterocycles. The van der Waals surface area contributed by atoms with Crippen molar-refractivity contribution in [1.29, 1.82) is 0 Å². The Labute approximate surface area is 259 Å². The lowest BCUT2D eigenvalue weighted by molar-refractivity contribution is -0.114. The van der Waals surface area contributed by atoms with Crippen molar-refractivity contribution in [1.82, 2.24) is 10.3 Å². The molecule has 3 amide bonds. The second kappa shape index (κ2) is 14.1. The molecule has 7 nitrogen and oxygen atoms in total. The predicted molar refractivity (Wildman–Crippen MR) is 173 cm³/mol. The van der Waals surface area contributed by atoms with Crippen LogP contribution >= 0.6 is 46.0 Å². The minimum Gasteiger partial charge on any atom is -0.321 e. The van der Waals surface area contributed by atoms with Crippen molar-refractivity contribution in [2.75, 3.05) is 16.4 Å². The summed E-state index contributed by atoms with van der Waals surface area (Å²) in [7, 11) is 0. The van der Waals surface area contributed by atoms with E-state index in [1.165, 1.54) is 34.4 Å². The van der Waals surface area contributed by atoms with Crippen LogP contribution in [0.4, 0.5) is 10.8 Å². The van der Waals surface area contributed by atoms with E-state index in [9.17, 15) is 14.4 Å². The van der Waals surface area contributed by atoms with Gasteiger partial charge in [0.2, 0.25) is 5.91 Å². The Hall–Kier alpha value is -4.22. The van der Waals surface area contributed by atoms with Crippen LogP contribution in [0.3, 0.4) is 0 Å². The maximum Gasteiger partial charge on any atom is 0.272 e. The summed E-state index contributed by atoms with van der Waals surface area (Å²) < 4.78 is 0. The number of benzene rings is 3. The van der Waals surface area contributed by atoms with Crippen LogP contribution in [-0.4, -0.2) is 28.5 Å². The molecule has 0 atom stereocenters. The lowest BCUT2D eigenvalue weighted by atomic mass is 10.2. The first-order valence-corrected chi connectivity index (χ1v) is 15.8. The Bertz CT molecular complexity index is 1720. The summed E-state index contributed by atoms with van der Waals surface area (Å²) in [5, 5.41) is 15.2. The van der Waals surface area contributed by atoms with Gasteiger partial charge in [-0.15, -0.1) is 23.1 Å². The van der Waals surface area contributed by atoms with Crippen molar-refractivity contribution >= 4 is 80.7 Å². The quantitative estimate of drug-likeness (QED) is 0.109. The fourth-order valence-corrected chi connectivity index (χ4v) is 5.95. The molecule has 2 aromatic heterocycles. The van der Waals surface area contributed by atoms with Gasteiger partial charge in [-0.05, 0) is 70.9 Å². The molecule has 5 aromatic rings. The first-order chi connectivity index (χ1) is 20.4. The van der Waals surface area contributed by atoms with Crippen molar-refractivity contribution in [3.8, 4) is 11.3 Å². The number of rotatable bonds is 10. The molecular formula is C31H23ClN4O3S3. The third-order valence-corrected chi connectivity index (χ3v) is 8.44. The predicted octanol–water partition coefficient (Wildman–Crippen LogP) is 7.67. The highest BCUT2D eigenvalue weighted by atomic mass is 35.5. The Morgan fingerprint density at radius 2 is 1.71 bits per heavy atom. The molecule has 3 N–H and O–H groups in total. The fraction of sp³-hybridized carbons (Fsp3) is 0.0323. The Balaban J connectivity index is 1.19. The number of anilines is 2. The molecule has 5 rings (SSSR count). The van der Waals surface area contributed by atoms with E-state index in [0.717, 1.165) is 21.7 Å². The van der Waals surface area contributed by atoms with Gasteiger partial charge in [-0.3, -0.25) is 14.4 Å². The number of hydrogen-bond donors (Lipinski definition) is 3. The molecule has 0 spiro atoms. The molecule has 0 bridgehead atoms. The van der Waals surface area contributed by atoms with Crippen molar-refractivity contribution in [2.24, 2.45) is 0 Å². The first-order valence-electron chi connectivity index (χ1n) is 12.6. The van der Waals surface area contributed by atoms with Crippen molar-refractivity contribution in [3.63, 3.8) is 0 Å². The van der Waals surface area contributed by atoms with Crippen molar-refractivity contribution in [3.05, 3.63) is 123 Å². The summed E-state index contributed by atoms with van der Waals surface area (Å²) in [5.41, 5.74) is 3.56. The van der Waals surface area contributed by atoms with Crippen LogP contribution in [0.2, 0.25) is 5.02 Å². The van der Waals surface area contributed by atoms with Crippen LogP contribution in [0.1, 0.15) is 15.9 Å². The molecule has 3 aromatic carbocycles. The van der Waals surface area contributed by atoms with Crippen LogP contribution < -0.4 is 16.0 Å². The molecule has 0 fully saturated rings. The van der Waals surface area contributed by atoms with Gasteiger partial charge in [0.1, 0.15) is 5.70 Å². The number of hydrogen-bond acceptors (Lipinski definition) is 7. The zero-order chi connectivity index (χ0) is 29.3. The van der Waals surface area contributed by atoms with Gasteiger partial charge in [0.25, 0.3) is 11.8 Å². The summed E-state index contributed by atoms with van der Waals surface area (Å²) in [5.74, 6) is -0.895. The second-order valence-electron chi connectivity index (χ2n) is 8.80. The number of thiophene rings is 1. The zero-order valence-electron chi connectivity index (χ0n) is 21.9. The average Bonchev–Trinajstić information content (AvgIpc) is 3.69. The van der Waals surface area contributed by atoms with Gasteiger partial charge in [0.15, 0.2) is 5.13 Å². The van der Waals surface area contributed by atoms with Crippen LogP contribution in [0.15, 0.2) is 112 Å². The molecule has 0 saturated heterocycles. The monoisotopic (exact) mass is 630 g/mol. The van der Waals surface area contributed by atoms with Crippen molar-refractivity contribution in [2.45, 2.75) is 4.90 Å². The lowest BCUT2D eigenvalue weighted by Crippen LogP contribution is -2.30. The minimum atomic E-state index is -0.467. The number of halogens is 1. The molecule has 0 aliphatic carbocycles. The van der Waals surface area contributed by atoms with Gasteiger partial charge in [-0.25, -0.2) is 4.98 Å². The van der Waals surface area contributed by atoms with Crippen LogP contribution in [0.25, 0.3) is 17.3 Å². The average molecular weight is 631 g/mol. The summed E-state index contributed by atoms with van der Waals surface area (Å²) in [6, 6.07) is 25.1. The number of nitrogens with zero attached hydrogens (tertiary/aromatic N) is 1. The number of thiazole rings is 1. The van der Waals surface area contributed by atoms with E-state index in [2.05, 4.69) is 20.9 Å². The van der Waals surface area contributed by atoms with E-state index < -0.39 is 5.91 Å². The lowest BCUT2D eigenvalue weighted by Gasteiger charge is -2.12. The van der Waals surface area contributed by atoms with Gasteiger partial charge in [-0.1, -0.05) is 48.0 Å². The van der Waals surface area contributed by atoms with E-state index in [1.807, 2.05) is 46.5 Å². The normalized spacial score (nSPS) is 11.1. The summed E-state index contributed by atoms with van der Waals surface area (Å²) in [6.45, 7) is 0. The highest BCUT2D eigenvalue weighted by Gasteiger charge is 2.16. The molecule has 0 unspecified atom stereocenters. The van der Waals surface area contributed by atoms with E-state index >= 15 is 0 Å². The van der Waals surface area contributed by atoms with Gasteiger partial charge < -0.3 is 16.0 Å². The fourth-order valence-electron chi connectivity index (χ4n) is 3.72. The van der Waals surface area contributed by atoms with E-state index in [4.69, 9.17) is 11.6 Å². The second-order valence-corrected chi connectivity index (χ2v) is 11.9. The van der Waals surface area contributed by atoms with Gasteiger partial charge in [0, 0.05) is 32.1 Å². The van der Waals surface area contributed by atoms with E-state index in [-0.39, 0.29) is 23.3 Å². The smallest absolute Gasteiger partial charge is 0.272 e. The van der Waals surface area contributed by atoms with E-state index in [1.54, 1.807) is 60.7 Å². The minimum absolute atomic E-state index is 0.112. The molecule has 11 heteroatoms. The molecular weight excluding hydrogens is 608 g/mol. The third-order valence-electron chi connectivity index (χ3n) is 5.74. The van der Waals surface area contributed by atoms with Gasteiger partial charge in [0.05, 0.1) is 11.4 Å². The Morgan fingerprint density at radius 1 is 0.905 bits per heavy atom.